The summed E-state index contributed by atoms with van der Waals surface area (Å²) in [6.07, 6.45) is 12.2. The van der Waals surface area contributed by atoms with Gasteiger partial charge in [0.25, 0.3) is 5.91 Å². The lowest BCUT2D eigenvalue weighted by molar-refractivity contribution is 0.0453. The number of nitrogens with zero attached hydrogens (tertiary/aromatic N) is 1. The molecule has 7 rings (SSSR count). The van der Waals surface area contributed by atoms with Gasteiger partial charge in [-0.05, 0) is 116 Å². The second-order valence-corrected chi connectivity index (χ2v) is 16.1. The molecule has 2 aliphatic heterocycles. The van der Waals surface area contributed by atoms with E-state index in [0.29, 0.717) is 24.5 Å². The van der Waals surface area contributed by atoms with Crippen LogP contribution in [0, 0.1) is 17.8 Å². The van der Waals surface area contributed by atoms with Crippen molar-refractivity contribution in [3.8, 4) is 5.75 Å². The van der Waals surface area contributed by atoms with Crippen LogP contribution in [0.15, 0.2) is 48.6 Å². The Morgan fingerprint density at radius 2 is 1.98 bits per heavy atom. The highest BCUT2D eigenvalue weighted by molar-refractivity contribution is 7.99. The number of carbonyl (C=O) groups is 1. The molecule has 4 bridgehead atoms. The van der Waals surface area contributed by atoms with E-state index in [9.17, 15) is 14.1 Å². The molecule has 0 saturated heterocycles. The van der Waals surface area contributed by atoms with Crippen molar-refractivity contribution in [2.24, 2.45) is 17.8 Å². The van der Waals surface area contributed by atoms with Gasteiger partial charge in [-0.2, -0.15) is 0 Å². The van der Waals surface area contributed by atoms with Crippen LogP contribution in [-0.4, -0.2) is 52.1 Å². The topological polar surface area (TPSA) is 78.9 Å². The fourth-order valence-corrected chi connectivity index (χ4v) is 10.1. The predicted molar refractivity (Wildman–Crippen MR) is 170 cm³/mol. The molecule has 2 N–H and O–H groups in total. The van der Waals surface area contributed by atoms with Crippen LogP contribution in [-0.2, 0) is 21.5 Å². The predicted octanol–water partition coefficient (Wildman–Crippen LogP) is 5.69. The first-order valence-electron chi connectivity index (χ1n) is 15.6. The van der Waals surface area contributed by atoms with Gasteiger partial charge in [-0.15, -0.1) is 0 Å². The summed E-state index contributed by atoms with van der Waals surface area (Å²) >= 11 is 6.41. The van der Waals surface area contributed by atoms with Gasteiger partial charge < -0.3 is 14.7 Å². The number of rotatable bonds is 0. The molecule has 2 aromatic carbocycles. The Hall–Kier alpha value is -2.48. The number of allylic oxidation sites excluding steroid dienone is 1. The second kappa shape index (κ2) is 10.9. The number of aliphatic hydroxyl groups is 1. The van der Waals surface area contributed by atoms with Crippen molar-refractivity contribution in [2.45, 2.75) is 74.6 Å². The summed E-state index contributed by atoms with van der Waals surface area (Å²) in [6.45, 7) is 2.08. The zero-order chi connectivity index (χ0) is 29.1. The van der Waals surface area contributed by atoms with E-state index in [0.717, 1.165) is 80.9 Å². The standard InChI is InChI=1S/C34H41ClN2O4S/c1-42(40)27-6-2-4-22(16-27)7-13-31(38)28-11-8-25(28)19-37-20-34(15-3-5-23-17-26(35)10-12-29(23)34)21-41-32-14-9-24(18-30(32)37)33(39)36-42/h7,9-10,12-14,17-18,22,25,27-28,31,38H,1-6,8,11,15-16,19-21H2,(H,36,39,40)/b13-7+/t22-,25-,27-,28+,31-,34-,42?/m0/s1. The SMILES string of the molecule is C=S1(=O)NC(=O)c2ccc3c(c2)N(C[C@@H]2CC[C@H]2[C@@H](O)/C=C/[C@@H]2CCC[C@H]1C2)C[C@@]1(CCCc2cc(Cl)ccc21)CO3. The van der Waals surface area contributed by atoms with Gasteiger partial charge in [0.05, 0.1) is 28.1 Å². The van der Waals surface area contributed by atoms with Crippen LogP contribution < -0.4 is 14.4 Å². The van der Waals surface area contributed by atoms with Crippen LogP contribution in [0.4, 0.5) is 5.69 Å². The number of halogens is 1. The Morgan fingerprint density at radius 1 is 1.10 bits per heavy atom. The Labute approximate surface area is 254 Å². The van der Waals surface area contributed by atoms with Gasteiger partial charge in [-0.3, -0.25) is 9.52 Å². The van der Waals surface area contributed by atoms with Gasteiger partial charge in [0.1, 0.15) is 5.75 Å². The zero-order valence-corrected chi connectivity index (χ0v) is 25.7. The van der Waals surface area contributed by atoms with Crippen molar-refractivity contribution in [2.75, 3.05) is 24.6 Å². The summed E-state index contributed by atoms with van der Waals surface area (Å²) in [5.41, 5.74) is 3.73. The van der Waals surface area contributed by atoms with E-state index in [4.69, 9.17) is 16.3 Å². The first kappa shape index (κ1) is 28.3. The average molecular weight is 609 g/mol. The number of hydrogen-bond donors (Lipinski definition) is 2. The van der Waals surface area contributed by atoms with Gasteiger partial charge >= 0.3 is 0 Å². The molecule has 3 aliphatic carbocycles. The van der Waals surface area contributed by atoms with E-state index in [2.05, 4.69) is 33.7 Å². The van der Waals surface area contributed by atoms with Gasteiger partial charge in [0.15, 0.2) is 0 Å². The molecule has 5 aliphatic rings. The summed E-state index contributed by atoms with van der Waals surface area (Å²) in [5.74, 6) is 5.20. The molecule has 8 heteroatoms. The van der Waals surface area contributed by atoms with Crippen LogP contribution >= 0.6 is 11.6 Å². The van der Waals surface area contributed by atoms with E-state index in [1.54, 1.807) is 6.07 Å². The molecular formula is C34H41ClN2O4S. The Bertz CT molecular complexity index is 1520. The fourth-order valence-electron chi connectivity index (χ4n) is 8.22. The van der Waals surface area contributed by atoms with E-state index < -0.39 is 15.8 Å². The van der Waals surface area contributed by atoms with Crippen LogP contribution in [0.5, 0.6) is 5.75 Å². The normalized spacial score (nSPS) is 36.9. The van der Waals surface area contributed by atoms with Crippen LogP contribution in [0.2, 0.25) is 5.02 Å². The molecule has 1 unspecified atom stereocenters. The number of carbonyl (C=O) groups excluding carboxylic acids is 1. The monoisotopic (exact) mass is 608 g/mol. The van der Waals surface area contributed by atoms with Crippen molar-refractivity contribution < 1.29 is 18.8 Å². The van der Waals surface area contributed by atoms with Crippen molar-refractivity contribution in [1.29, 1.82) is 0 Å². The Morgan fingerprint density at radius 3 is 2.81 bits per heavy atom. The first-order valence-corrected chi connectivity index (χ1v) is 17.7. The smallest absolute Gasteiger partial charge is 0.262 e. The van der Waals surface area contributed by atoms with Crippen LogP contribution in [0.25, 0.3) is 0 Å². The highest BCUT2D eigenvalue weighted by atomic mass is 35.5. The third-order valence-corrected chi connectivity index (χ3v) is 13.0. The van der Waals surface area contributed by atoms with Crippen molar-refractivity contribution in [3.63, 3.8) is 0 Å². The van der Waals surface area contributed by atoms with Crippen LogP contribution in [0.3, 0.4) is 0 Å². The third-order valence-electron chi connectivity index (χ3n) is 10.7. The molecule has 2 heterocycles. The maximum atomic E-state index is 13.8. The average Bonchev–Trinajstić information content (AvgIpc) is 3.10. The molecule has 7 atom stereocenters. The number of aryl methyl sites for hydroxylation is 1. The van der Waals surface area contributed by atoms with Crippen molar-refractivity contribution in [3.05, 3.63) is 70.3 Å². The number of hydrogen-bond acceptors (Lipinski definition) is 5. The number of fused-ring (bicyclic) bond motifs is 6. The van der Waals surface area contributed by atoms with Gasteiger partial charge in [0.2, 0.25) is 0 Å². The molecule has 2 fully saturated rings. The van der Waals surface area contributed by atoms with Crippen LogP contribution in [0.1, 0.15) is 72.9 Å². The maximum absolute atomic E-state index is 13.8. The zero-order valence-electron chi connectivity index (χ0n) is 24.1. The van der Waals surface area contributed by atoms with Crippen molar-refractivity contribution in [1.82, 2.24) is 4.72 Å². The number of amides is 1. The van der Waals surface area contributed by atoms with Gasteiger partial charge in [-0.1, -0.05) is 36.2 Å². The molecule has 1 amide bonds. The summed E-state index contributed by atoms with van der Waals surface area (Å²) in [6, 6.07) is 11.8. The lowest BCUT2D eigenvalue weighted by Gasteiger charge is -2.45. The number of nitrogens with one attached hydrogen (secondary N) is 1. The minimum absolute atomic E-state index is 0.188. The minimum Gasteiger partial charge on any atom is -0.490 e. The second-order valence-electron chi connectivity index (χ2n) is 13.4. The summed E-state index contributed by atoms with van der Waals surface area (Å²) in [7, 11) is -2.85. The molecule has 0 radical (unpaired) electrons. The van der Waals surface area contributed by atoms with Crippen molar-refractivity contribution >= 4 is 38.8 Å². The molecular weight excluding hydrogens is 568 g/mol. The number of ether oxygens (including phenoxy) is 1. The number of anilines is 1. The maximum Gasteiger partial charge on any atom is 0.262 e. The molecule has 42 heavy (non-hydrogen) atoms. The molecule has 2 aromatic rings. The molecule has 6 nitrogen and oxygen atoms in total. The van der Waals surface area contributed by atoms with E-state index >= 15 is 0 Å². The molecule has 2 saturated carbocycles. The third kappa shape index (κ3) is 5.16. The minimum atomic E-state index is -2.85. The first-order chi connectivity index (χ1) is 20.2. The summed E-state index contributed by atoms with van der Waals surface area (Å²) < 4.78 is 23.2. The lowest BCUT2D eigenvalue weighted by atomic mass is 9.68. The molecule has 1 spiro atoms. The lowest BCUT2D eigenvalue weighted by Crippen LogP contribution is -2.49. The van der Waals surface area contributed by atoms with E-state index in [1.165, 1.54) is 11.1 Å². The number of aliphatic hydroxyl groups excluding tert-OH is 1. The van der Waals surface area contributed by atoms with E-state index in [1.807, 2.05) is 24.3 Å². The largest absolute Gasteiger partial charge is 0.490 e. The Balaban J connectivity index is 1.30. The van der Waals surface area contributed by atoms with Gasteiger partial charge in [0, 0.05) is 34.3 Å². The van der Waals surface area contributed by atoms with E-state index in [-0.39, 0.29) is 28.4 Å². The molecule has 0 aromatic heterocycles. The summed E-state index contributed by atoms with van der Waals surface area (Å²) in [5, 5.41) is 11.9. The number of benzene rings is 2. The summed E-state index contributed by atoms with van der Waals surface area (Å²) in [4.78, 5) is 16.0. The Kier molecular flexibility index (Phi) is 7.35. The van der Waals surface area contributed by atoms with Gasteiger partial charge in [-0.25, -0.2) is 4.21 Å². The molecule has 224 valence electrons. The highest BCUT2D eigenvalue weighted by Crippen LogP contribution is 2.47. The quantitative estimate of drug-likeness (QED) is 0.297. The highest BCUT2D eigenvalue weighted by Gasteiger charge is 2.44. The fraction of sp³-hybridized carbons (Fsp3) is 0.529.